The molecule has 4 rings (SSSR count). The second-order valence-electron chi connectivity index (χ2n) is 5.64. The molecule has 0 aromatic carbocycles. The van der Waals surface area contributed by atoms with Crippen molar-refractivity contribution >= 4 is 11.0 Å². The zero-order valence-electron chi connectivity index (χ0n) is 11.6. The van der Waals surface area contributed by atoms with E-state index in [2.05, 4.69) is 41.2 Å². The molecule has 0 saturated heterocycles. The van der Waals surface area contributed by atoms with Crippen molar-refractivity contribution in [1.29, 1.82) is 0 Å². The average Bonchev–Trinajstić information content (AvgIpc) is 3.16. The van der Waals surface area contributed by atoms with E-state index in [0.717, 1.165) is 22.3 Å². The minimum absolute atomic E-state index is 0.348. The van der Waals surface area contributed by atoms with E-state index in [1.165, 1.54) is 25.0 Å². The van der Waals surface area contributed by atoms with Crippen LogP contribution in [0.15, 0.2) is 42.7 Å². The lowest BCUT2D eigenvalue weighted by molar-refractivity contribution is 0.642. The summed E-state index contributed by atoms with van der Waals surface area (Å²) in [6.07, 6.45) is 7.50. The highest BCUT2D eigenvalue weighted by Gasteiger charge is 2.43. The Hall–Kier alpha value is -2.16. The van der Waals surface area contributed by atoms with E-state index in [1.54, 1.807) is 0 Å². The minimum Gasteiger partial charge on any atom is -0.346 e. The summed E-state index contributed by atoms with van der Waals surface area (Å²) in [5.74, 6) is 0. The fourth-order valence-electron chi connectivity index (χ4n) is 3.01. The van der Waals surface area contributed by atoms with Gasteiger partial charge in [0.05, 0.1) is 5.69 Å². The topological polar surface area (TPSA) is 41.6 Å². The Morgan fingerprint density at radius 3 is 2.90 bits per heavy atom. The summed E-state index contributed by atoms with van der Waals surface area (Å²) in [6, 6.07) is 10.5. The highest BCUT2D eigenvalue weighted by Crippen LogP contribution is 2.50. The van der Waals surface area contributed by atoms with Crippen molar-refractivity contribution < 1.29 is 0 Å². The number of hydrogen-bond acceptors (Lipinski definition) is 2. The van der Waals surface area contributed by atoms with Crippen LogP contribution in [-0.4, -0.2) is 15.0 Å². The summed E-state index contributed by atoms with van der Waals surface area (Å²) in [7, 11) is 0. The molecule has 0 bridgehead atoms. The van der Waals surface area contributed by atoms with Crippen LogP contribution in [0.25, 0.3) is 22.3 Å². The molecule has 1 N–H and O–H groups in total. The van der Waals surface area contributed by atoms with Gasteiger partial charge in [-0.2, -0.15) is 0 Å². The van der Waals surface area contributed by atoms with Crippen molar-refractivity contribution in [2.75, 3.05) is 0 Å². The number of H-pyrrole nitrogens is 1. The van der Waals surface area contributed by atoms with Crippen LogP contribution in [0.4, 0.5) is 0 Å². The first kappa shape index (κ1) is 11.6. The molecular weight excluding hydrogens is 246 g/mol. The number of fused-ring (bicyclic) bond motifs is 1. The van der Waals surface area contributed by atoms with Gasteiger partial charge in [-0.3, -0.25) is 4.98 Å². The second-order valence-corrected chi connectivity index (χ2v) is 5.64. The highest BCUT2D eigenvalue weighted by atomic mass is 14.8. The van der Waals surface area contributed by atoms with Crippen molar-refractivity contribution in [1.82, 2.24) is 15.0 Å². The van der Waals surface area contributed by atoms with E-state index in [9.17, 15) is 0 Å². The molecule has 3 heterocycles. The van der Waals surface area contributed by atoms with Crippen LogP contribution in [0.3, 0.4) is 0 Å². The number of nitrogens with zero attached hydrogens (tertiary/aromatic N) is 2. The van der Waals surface area contributed by atoms with Crippen LogP contribution in [0.2, 0.25) is 0 Å². The number of aromatic amines is 1. The Balaban J connectivity index is 1.87. The van der Waals surface area contributed by atoms with Gasteiger partial charge in [0.1, 0.15) is 5.65 Å². The van der Waals surface area contributed by atoms with E-state index in [-0.39, 0.29) is 0 Å². The first-order chi connectivity index (χ1) is 9.82. The molecule has 3 aromatic heterocycles. The van der Waals surface area contributed by atoms with Crippen molar-refractivity contribution in [3.05, 3.63) is 48.4 Å². The third kappa shape index (κ3) is 1.66. The van der Waals surface area contributed by atoms with Gasteiger partial charge < -0.3 is 4.98 Å². The third-order valence-corrected chi connectivity index (χ3v) is 4.56. The Kier molecular flexibility index (Phi) is 2.43. The molecule has 20 heavy (non-hydrogen) atoms. The predicted octanol–water partition coefficient (Wildman–Crippen LogP) is 4.07. The lowest BCUT2D eigenvalue weighted by atomic mass is 9.97. The molecule has 0 atom stereocenters. The van der Waals surface area contributed by atoms with Gasteiger partial charge in [0.25, 0.3) is 0 Å². The maximum atomic E-state index is 4.94. The number of aromatic nitrogens is 3. The van der Waals surface area contributed by atoms with E-state index >= 15 is 0 Å². The zero-order valence-corrected chi connectivity index (χ0v) is 11.6. The Labute approximate surface area is 118 Å². The van der Waals surface area contributed by atoms with Crippen LogP contribution in [0, 0.1) is 0 Å². The first-order valence-corrected chi connectivity index (χ1v) is 7.22. The fraction of sp³-hybridized carbons (Fsp3) is 0.294. The van der Waals surface area contributed by atoms with Gasteiger partial charge in [-0.05, 0) is 43.5 Å². The van der Waals surface area contributed by atoms with E-state index in [0.29, 0.717) is 5.41 Å². The van der Waals surface area contributed by atoms with Gasteiger partial charge in [0.15, 0.2) is 0 Å². The molecule has 3 nitrogen and oxygen atoms in total. The lowest BCUT2D eigenvalue weighted by Crippen LogP contribution is -2.07. The molecule has 100 valence electrons. The van der Waals surface area contributed by atoms with Gasteiger partial charge in [-0.15, -0.1) is 0 Å². The summed E-state index contributed by atoms with van der Waals surface area (Å²) in [5.41, 5.74) is 4.73. The second kappa shape index (κ2) is 4.17. The Bertz CT molecular complexity index is 769. The van der Waals surface area contributed by atoms with Gasteiger partial charge in [-0.25, -0.2) is 4.98 Å². The van der Waals surface area contributed by atoms with Crippen LogP contribution in [0.5, 0.6) is 0 Å². The first-order valence-electron chi connectivity index (χ1n) is 7.22. The van der Waals surface area contributed by atoms with Crippen LogP contribution in [0.1, 0.15) is 31.9 Å². The summed E-state index contributed by atoms with van der Waals surface area (Å²) >= 11 is 0. The number of rotatable bonds is 3. The summed E-state index contributed by atoms with van der Waals surface area (Å²) in [4.78, 5) is 12.4. The van der Waals surface area contributed by atoms with Gasteiger partial charge in [0, 0.05) is 34.5 Å². The average molecular weight is 263 g/mol. The van der Waals surface area contributed by atoms with Gasteiger partial charge >= 0.3 is 0 Å². The Morgan fingerprint density at radius 2 is 2.10 bits per heavy atom. The maximum absolute atomic E-state index is 4.94. The fourth-order valence-corrected chi connectivity index (χ4v) is 3.01. The zero-order chi connectivity index (χ0) is 13.6. The highest BCUT2D eigenvalue weighted by molar-refractivity contribution is 5.91. The SMILES string of the molecule is CCC1(c2cccc(-c3ccnc4[nH]ccc34)n2)CC1. The summed E-state index contributed by atoms with van der Waals surface area (Å²) < 4.78 is 0. The molecule has 1 aliphatic rings. The Morgan fingerprint density at radius 1 is 1.20 bits per heavy atom. The molecule has 1 fully saturated rings. The molecule has 0 radical (unpaired) electrons. The normalized spacial score (nSPS) is 16.4. The maximum Gasteiger partial charge on any atom is 0.137 e. The molecule has 0 aliphatic heterocycles. The van der Waals surface area contributed by atoms with E-state index in [4.69, 9.17) is 4.98 Å². The number of hydrogen-bond donors (Lipinski definition) is 1. The molecule has 1 aliphatic carbocycles. The standard InChI is InChI=1S/C17H17N3/c1-2-17(8-9-17)15-5-3-4-14(20-15)12-6-10-18-16-13(12)7-11-19-16/h3-7,10-11H,2,8-9H2,1H3,(H,18,19). The van der Waals surface area contributed by atoms with Gasteiger partial charge in [0.2, 0.25) is 0 Å². The quantitative estimate of drug-likeness (QED) is 0.774. The van der Waals surface area contributed by atoms with Crippen molar-refractivity contribution in [2.24, 2.45) is 0 Å². The third-order valence-electron chi connectivity index (χ3n) is 4.56. The monoisotopic (exact) mass is 263 g/mol. The molecule has 0 spiro atoms. The van der Waals surface area contributed by atoms with E-state index in [1.807, 2.05) is 18.5 Å². The largest absolute Gasteiger partial charge is 0.346 e. The van der Waals surface area contributed by atoms with Crippen LogP contribution >= 0.6 is 0 Å². The summed E-state index contributed by atoms with van der Waals surface area (Å²) in [5, 5.41) is 1.14. The van der Waals surface area contributed by atoms with Crippen molar-refractivity contribution in [2.45, 2.75) is 31.6 Å². The van der Waals surface area contributed by atoms with E-state index < -0.39 is 0 Å². The van der Waals surface area contributed by atoms with Crippen LogP contribution in [-0.2, 0) is 5.41 Å². The van der Waals surface area contributed by atoms with Crippen LogP contribution < -0.4 is 0 Å². The lowest BCUT2D eigenvalue weighted by Gasteiger charge is -2.13. The number of pyridine rings is 2. The van der Waals surface area contributed by atoms with Crippen molar-refractivity contribution in [3.63, 3.8) is 0 Å². The molecule has 0 amide bonds. The predicted molar refractivity (Wildman–Crippen MR) is 80.5 cm³/mol. The minimum atomic E-state index is 0.348. The van der Waals surface area contributed by atoms with Crippen molar-refractivity contribution in [3.8, 4) is 11.3 Å². The van der Waals surface area contributed by atoms with Gasteiger partial charge in [-0.1, -0.05) is 13.0 Å². The molecule has 3 heteroatoms. The number of nitrogens with one attached hydrogen (secondary N) is 1. The molecular formula is C17H17N3. The molecule has 3 aromatic rings. The molecule has 0 unspecified atom stereocenters. The summed E-state index contributed by atoms with van der Waals surface area (Å²) in [6.45, 7) is 2.26. The molecule has 1 saturated carbocycles. The smallest absolute Gasteiger partial charge is 0.137 e.